The lowest BCUT2D eigenvalue weighted by Crippen LogP contribution is -2.60. The van der Waals surface area contributed by atoms with Crippen LogP contribution in [0.4, 0.5) is 11.5 Å². The van der Waals surface area contributed by atoms with E-state index >= 15 is 0 Å². The van der Waals surface area contributed by atoms with Crippen molar-refractivity contribution in [1.29, 1.82) is 0 Å². The Bertz CT molecular complexity index is 1130. The lowest BCUT2D eigenvalue weighted by molar-refractivity contribution is -0.121. The number of nitrogens with two attached hydrogens (primary N) is 1. The standard InChI is InChI=1S/C26H38N6O4/c1-2-30(22-23(27)32(25(35)29-24(22)34)17-20-9-5-3-6-10-20)18-21(33)28-19-26(11-7-4-8-12-26)31-13-15-36-16-14-31/h3,5-6,9-10H,2,4,7-8,11-19,27H2,1H3,(H,28,33)(H,29,34,35). The van der Waals surface area contributed by atoms with Crippen molar-refractivity contribution in [3.8, 4) is 0 Å². The summed E-state index contributed by atoms with van der Waals surface area (Å²) in [6, 6.07) is 9.42. The van der Waals surface area contributed by atoms with Gasteiger partial charge in [-0.3, -0.25) is 24.0 Å². The second-order valence-electron chi connectivity index (χ2n) is 9.74. The molecule has 4 N–H and O–H groups in total. The van der Waals surface area contributed by atoms with Crippen molar-refractivity contribution in [3.63, 3.8) is 0 Å². The van der Waals surface area contributed by atoms with Crippen LogP contribution < -0.4 is 27.2 Å². The maximum atomic E-state index is 13.1. The van der Waals surface area contributed by atoms with Crippen LogP contribution in [-0.4, -0.2) is 71.8 Å². The van der Waals surface area contributed by atoms with Crippen molar-refractivity contribution >= 4 is 17.4 Å². The number of hydrogen-bond acceptors (Lipinski definition) is 7. The van der Waals surface area contributed by atoms with Crippen LogP contribution in [0.2, 0.25) is 0 Å². The Balaban J connectivity index is 1.49. The molecule has 1 aliphatic carbocycles. The molecule has 1 aromatic carbocycles. The summed E-state index contributed by atoms with van der Waals surface area (Å²) >= 11 is 0. The summed E-state index contributed by atoms with van der Waals surface area (Å²) in [5.74, 6) is -0.117. The number of aromatic nitrogens is 2. The first kappa shape index (κ1) is 26.0. The molecule has 0 spiro atoms. The Kier molecular flexibility index (Phi) is 8.48. The zero-order valence-electron chi connectivity index (χ0n) is 21.1. The largest absolute Gasteiger partial charge is 0.383 e. The van der Waals surface area contributed by atoms with Gasteiger partial charge >= 0.3 is 5.69 Å². The first-order chi connectivity index (χ1) is 17.4. The van der Waals surface area contributed by atoms with Crippen molar-refractivity contribution in [2.45, 2.75) is 51.1 Å². The molecule has 0 radical (unpaired) electrons. The molecule has 1 saturated carbocycles. The van der Waals surface area contributed by atoms with Crippen molar-refractivity contribution < 1.29 is 9.53 Å². The molecule has 10 heteroatoms. The van der Waals surface area contributed by atoms with E-state index in [4.69, 9.17) is 10.5 Å². The lowest BCUT2D eigenvalue weighted by Gasteiger charge is -2.48. The summed E-state index contributed by atoms with van der Waals surface area (Å²) in [6.07, 6.45) is 5.65. The van der Waals surface area contributed by atoms with Crippen LogP contribution in [-0.2, 0) is 16.1 Å². The van der Waals surface area contributed by atoms with Gasteiger partial charge in [-0.25, -0.2) is 4.79 Å². The van der Waals surface area contributed by atoms with Crippen LogP contribution in [0, 0.1) is 0 Å². The number of nitrogens with one attached hydrogen (secondary N) is 2. The third-order valence-corrected chi connectivity index (χ3v) is 7.51. The van der Waals surface area contributed by atoms with Crippen molar-refractivity contribution in [3.05, 3.63) is 56.7 Å². The molecule has 2 fully saturated rings. The molecule has 2 aliphatic rings. The van der Waals surface area contributed by atoms with Crippen LogP contribution in [0.15, 0.2) is 39.9 Å². The van der Waals surface area contributed by atoms with Gasteiger partial charge in [0.05, 0.1) is 26.3 Å². The number of H-pyrrole nitrogens is 1. The van der Waals surface area contributed by atoms with Crippen LogP contribution in [0.1, 0.15) is 44.6 Å². The highest BCUT2D eigenvalue weighted by atomic mass is 16.5. The molecular formula is C26H38N6O4. The number of rotatable bonds is 9. The third kappa shape index (κ3) is 5.82. The van der Waals surface area contributed by atoms with E-state index in [9.17, 15) is 14.4 Å². The molecule has 1 amide bonds. The first-order valence-corrected chi connectivity index (χ1v) is 12.9. The second kappa shape index (κ2) is 11.7. The van der Waals surface area contributed by atoms with Gasteiger partial charge < -0.3 is 20.7 Å². The number of amides is 1. The van der Waals surface area contributed by atoms with Gasteiger partial charge in [0.1, 0.15) is 11.5 Å². The summed E-state index contributed by atoms with van der Waals surface area (Å²) in [4.78, 5) is 44.9. The zero-order valence-corrected chi connectivity index (χ0v) is 21.1. The minimum Gasteiger partial charge on any atom is -0.383 e. The Morgan fingerprint density at radius 3 is 2.50 bits per heavy atom. The van der Waals surface area contributed by atoms with E-state index in [2.05, 4.69) is 15.2 Å². The van der Waals surface area contributed by atoms with E-state index in [1.165, 1.54) is 11.0 Å². The molecule has 0 bridgehead atoms. The molecule has 1 aliphatic heterocycles. The van der Waals surface area contributed by atoms with E-state index in [1.807, 2.05) is 37.3 Å². The molecule has 2 heterocycles. The second-order valence-corrected chi connectivity index (χ2v) is 9.74. The number of anilines is 2. The molecule has 196 valence electrons. The van der Waals surface area contributed by atoms with E-state index in [1.54, 1.807) is 4.90 Å². The third-order valence-electron chi connectivity index (χ3n) is 7.51. The molecular weight excluding hydrogens is 460 g/mol. The number of nitrogen functional groups attached to an aromatic ring is 1. The maximum Gasteiger partial charge on any atom is 0.330 e. The fourth-order valence-corrected chi connectivity index (χ4v) is 5.50. The highest BCUT2D eigenvalue weighted by Gasteiger charge is 2.39. The molecule has 0 unspecified atom stereocenters. The van der Waals surface area contributed by atoms with Gasteiger partial charge in [-0.15, -0.1) is 0 Å². The molecule has 1 saturated heterocycles. The molecule has 1 aromatic heterocycles. The predicted octanol–water partition coefficient (Wildman–Crippen LogP) is 1.14. The van der Waals surface area contributed by atoms with E-state index in [0.29, 0.717) is 13.1 Å². The minimum atomic E-state index is -0.589. The number of ether oxygens (including phenoxy) is 1. The maximum absolute atomic E-state index is 13.1. The highest BCUT2D eigenvalue weighted by Crippen LogP contribution is 2.34. The van der Waals surface area contributed by atoms with Gasteiger partial charge in [0.2, 0.25) is 5.91 Å². The van der Waals surface area contributed by atoms with Gasteiger partial charge in [-0.05, 0) is 25.3 Å². The molecule has 2 aromatic rings. The minimum absolute atomic E-state index is 0.0213. The van der Waals surface area contributed by atoms with Gasteiger partial charge in [0.15, 0.2) is 0 Å². The smallest absolute Gasteiger partial charge is 0.330 e. The summed E-state index contributed by atoms with van der Waals surface area (Å²) < 4.78 is 6.89. The Morgan fingerprint density at radius 2 is 1.83 bits per heavy atom. The molecule has 0 atom stereocenters. The molecule has 36 heavy (non-hydrogen) atoms. The fraction of sp³-hybridized carbons (Fsp3) is 0.577. The molecule has 10 nitrogen and oxygen atoms in total. The van der Waals surface area contributed by atoms with Crippen LogP contribution in [0.3, 0.4) is 0 Å². The quantitative estimate of drug-likeness (QED) is 0.473. The number of morpholine rings is 1. The number of carbonyl (C=O) groups excluding carboxylic acids is 1. The van der Waals surface area contributed by atoms with Gasteiger partial charge in [0.25, 0.3) is 5.56 Å². The average Bonchev–Trinajstić information content (AvgIpc) is 2.91. The number of aromatic amines is 1. The summed E-state index contributed by atoms with van der Waals surface area (Å²) in [7, 11) is 0. The van der Waals surface area contributed by atoms with E-state index < -0.39 is 11.2 Å². The summed E-state index contributed by atoms with van der Waals surface area (Å²) in [6.45, 7) is 6.22. The zero-order chi connectivity index (χ0) is 25.5. The normalized spacial score (nSPS) is 18.0. The number of benzene rings is 1. The summed E-state index contributed by atoms with van der Waals surface area (Å²) in [5.41, 5.74) is 6.16. The lowest BCUT2D eigenvalue weighted by atomic mass is 9.79. The van der Waals surface area contributed by atoms with Crippen LogP contribution >= 0.6 is 0 Å². The average molecular weight is 499 g/mol. The Labute approximate surface area is 211 Å². The first-order valence-electron chi connectivity index (χ1n) is 12.9. The Hall–Kier alpha value is -3.11. The van der Waals surface area contributed by atoms with Gasteiger partial charge in [-0.2, -0.15) is 0 Å². The summed E-state index contributed by atoms with van der Waals surface area (Å²) in [5, 5.41) is 3.15. The molecule has 4 rings (SSSR count). The number of likely N-dealkylation sites (N-methyl/N-ethyl adjacent to an activating group) is 1. The Morgan fingerprint density at radius 1 is 1.14 bits per heavy atom. The van der Waals surface area contributed by atoms with Crippen LogP contribution in [0.5, 0.6) is 0 Å². The van der Waals surface area contributed by atoms with Crippen molar-refractivity contribution in [1.82, 2.24) is 19.8 Å². The fourth-order valence-electron chi connectivity index (χ4n) is 5.50. The van der Waals surface area contributed by atoms with E-state index in [0.717, 1.165) is 57.6 Å². The number of nitrogens with zero attached hydrogens (tertiary/aromatic N) is 3. The van der Waals surface area contributed by atoms with E-state index in [-0.39, 0.29) is 36.0 Å². The van der Waals surface area contributed by atoms with Gasteiger partial charge in [-0.1, -0.05) is 49.6 Å². The number of hydrogen-bond donors (Lipinski definition) is 3. The predicted molar refractivity (Wildman–Crippen MR) is 140 cm³/mol. The SMILES string of the molecule is CCN(CC(=O)NCC1(N2CCOCC2)CCCCC1)c1c(N)n(Cc2ccccc2)c(=O)[nH]c1=O. The van der Waals surface area contributed by atoms with Crippen LogP contribution in [0.25, 0.3) is 0 Å². The monoisotopic (exact) mass is 498 g/mol. The van der Waals surface area contributed by atoms with Crippen molar-refractivity contribution in [2.75, 3.05) is 56.6 Å². The van der Waals surface area contributed by atoms with Crippen molar-refractivity contribution in [2.24, 2.45) is 0 Å². The van der Waals surface area contributed by atoms with Gasteiger partial charge in [0, 0.05) is 31.7 Å². The number of carbonyl (C=O) groups is 1. The highest BCUT2D eigenvalue weighted by molar-refractivity contribution is 5.82. The topological polar surface area (TPSA) is 126 Å².